The second-order valence-electron chi connectivity index (χ2n) is 5.40. The van der Waals surface area contributed by atoms with E-state index in [4.69, 9.17) is 19.8 Å². The molecule has 2 aromatic carbocycles. The predicted molar refractivity (Wildman–Crippen MR) is 92.0 cm³/mol. The van der Waals surface area contributed by atoms with E-state index in [2.05, 4.69) is 18.3 Å². The zero-order valence-electron chi connectivity index (χ0n) is 14.0. The number of aliphatic hydroxyl groups excluding tert-OH is 1. The van der Waals surface area contributed by atoms with Gasteiger partial charge in [-0.05, 0) is 42.3 Å². The van der Waals surface area contributed by atoms with E-state index in [9.17, 15) is 0 Å². The van der Waals surface area contributed by atoms with E-state index in [1.54, 1.807) is 13.2 Å². The molecule has 126 valence electrons. The summed E-state index contributed by atoms with van der Waals surface area (Å²) in [5, 5.41) is 21.3. The standard InChI is InChI=1S/C19H22N2O3/c1-14(17-5-3-4-15(10-17)12-20)21-13-16-6-7-18(24-9-8-22)19(11-16)23-2/h3-7,10-11,14,21-22H,8-9,13H2,1-2H3. The van der Waals surface area contributed by atoms with Crippen LogP contribution in [-0.4, -0.2) is 25.4 Å². The van der Waals surface area contributed by atoms with Crippen LogP contribution in [0, 0.1) is 11.3 Å². The number of methoxy groups -OCH3 is 1. The van der Waals surface area contributed by atoms with Gasteiger partial charge in [-0.3, -0.25) is 0 Å². The number of hydrogen-bond donors (Lipinski definition) is 2. The summed E-state index contributed by atoms with van der Waals surface area (Å²) in [5.41, 5.74) is 2.80. The largest absolute Gasteiger partial charge is 0.493 e. The van der Waals surface area contributed by atoms with Crippen LogP contribution in [-0.2, 0) is 6.54 Å². The van der Waals surface area contributed by atoms with Crippen molar-refractivity contribution >= 4 is 0 Å². The molecule has 5 heteroatoms. The van der Waals surface area contributed by atoms with E-state index in [0.717, 1.165) is 11.1 Å². The van der Waals surface area contributed by atoms with Gasteiger partial charge in [0.25, 0.3) is 0 Å². The van der Waals surface area contributed by atoms with Gasteiger partial charge in [-0.2, -0.15) is 5.26 Å². The molecule has 1 unspecified atom stereocenters. The van der Waals surface area contributed by atoms with Gasteiger partial charge in [0.15, 0.2) is 11.5 Å². The number of hydrogen-bond acceptors (Lipinski definition) is 5. The number of rotatable bonds is 8. The number of nitrogens with zero attached hydrogens (tertiary/aromatic N) is 1. The van der Waals surface area contributed by atoms with Crippen LogP contribution in [0.4, 0.5) is 0 Å². The summed E-state index contributed by atoms with van der Waals surface area (Å²) in [6.07, 6.45) is 0. The lowest BCUT2D eigenvalue weighted by molar-refractivity contribution is 0.196. The van der Waals surface area contributed by atoms with E-state index in [0.29, 0.717) is 23.6 Å². The lowest BCUT2D eigenvalue weighted by Crippen LogP contribution is -2.18. The summed E-state index contributed by atoms with van der Waals surface area (Å²) in [7, 11) is 1.59. The quantitative estimate of drug-likeness (QED) is 0.780. The summed E-state index contributed by atoms with van der Waals surface area (Å²) in [5.74, 6) is 1.26. The minimum Gasteiger partial charge on any atom is -0.493 e. The monoisotopic (exact) mass is 326 g/mol. The predicted octanol–water partition coefficient (Wildman–Crippen LogP) is 2.79. The molecule has 0 bridgehead atoms. The second kappa shape index (κ2) is 8.92. The van der Waals surface area contributed by atoms with E-state index in [1.165, 1.54) is 0 Å². The highest BCUT2D eigenvalue weighted by Gasteiger charge is 2.09. The van der Waals surface area contributed by atoms with Crippen LogP contribution >= 0.6 is 0 Å². The average molecular weight is 326 g/mol. The van der Waals surface area contributed by atoms with Gasteiger partial charge in [-0.1, -0.05) is 18.2 Å². The number of nitriles is 1. The van der Waals surface area contributed by atoms with Gasteiger partial charge in [0, 0.05) is 12.6 Å². The Morgan fingerprint density at radius 2 is 2.04 bits per heavy atom. The van der Waals surface area contributed by atoms with Crippen molar-refractivity contribution in [1.29, 1.82) is 5.26 Å². The van der Waals surface area contributed by atoms with Crippen molar-refractivity contribution in [2.75, 3.05) is 20.3 Å². The summed E-state index contributed by atoms with van der Waals surface area (Å²) >= 11 is 0. The average Bonchev–Trinajstić information content (AvgIpc) is 2.64. The molecule has 0 aromatic heterocycles. The molecule has 1 atom stereocenters. The Labute approximate surface area is 142 Å². The molecular formula is C19H22N2O3. The second-order valence-corrected chi connectivity index (χ2v) is 5.40. The van der Waals surface area contributed by atoms with Gasteiger partial charge in [0.1, 0.15) is 6.61 Å². The molecule has 0 spiro atoms. The van der Waals surface area contributed by atoms with Crippen molar-refractivity contribution in [1.82, 2.24) is 5.32 Å². The number of aliphatic hydroxyl groups is 1. The van der Waals surface area contributed by atoms with Crippen LogP contribution in [0.2, 0.25) is 0 Å². The highest BCUT2D eigenvalue weighted by Crippen LogP contribution is 2.28. The molecule has 0 heterocycles. The zero-order valence-corrected chi connectivity index (χ0v) is 14.0. The summed E-state index contributed by atoms with van der Waals surface area (Å²) in [6, 6.07) is 15.6. The Balaban J connectivity index is 2.01. The first-order chi connectivity index (χ1) is 11.7. The van der Waals surface area contributed by atoms with Crippen LogP contribution < -0.4 is 14.8 Å². The van der Waals surface area contributed by atoms with Gasteiger partial charge >= 0.3 is 0 Å². The molecule has 2 aromatic rings. The van der Waals surface area contributed by atoms with Gasteiger partial charge in [-0.15, -0.1) is 0 Å². The Bertz CT molecular complexity index is 710. The minimum absolute atomic E-state index is 0.0360. The van der Waals surface area contributed by atoms with Crippen molar-refractivity contribution in [3.05, 3.63) is 59.2 Å². The fourth-order valence-electron chi connectivity index (χ4n) is 2.36. The van der Waals surface area contributed by atoms with E-state index in [1.807, 2.05) is 36.4 Å². The fourth-order valence-corrected chi connectivity index (χ4v) is 2.36. The van der Waals surface area contributed by atoms with E-state index in [-0.39, 0.29) is 19.3 Å². The van der Waals surface area contributed by atoms with Crippen LogP contribution in [0.15, 0.2) is 42.5 Å². The molecule has 0 saturated heterocycles. The van der Waals surface area contributed by atoms with E-state index >= 15 is 0 Å². The summed E-state index contributed by atoms with van der Waals surface area (Å²) in [4.78, 5) is 0. The van der Waals surface area contributed by atoms with Crippen molar-refractivity contribution in [2.45, 2.75) is 19.5 Å². The molecule has 0 amide bonds. The lowest BCUT2D eigenvalue weighted by atomic mass is 10.1. The zero-order chi connectivity index (χ0) is 17.4. The molecule has 2 rings (SSSR count). The molecule has 0 radical (unpaired) electrons. The molecular weight excluding hydrogens is 304 g/mol. The third-order valence-electron chi connectivity index (χ3n) is 3.70. The molecule has 24 heavy (non-hydrogen) atoms. The third kappa shape index (κ3) is 4.72. The highest BCUT2D eigenvalue weighted by molar-refractivity contribution is 5.43. The molecule has 0 fully saturated rings. The first kappa shape index (κ1) is 17.8. The first-order valence-corrected chi connectivity index (χ1v) is 7.82. The topological polar surface area (TPSA) is 74.5 Å². The maximum atomic E-state index is 8.99. The van der Waals surface area contributed by atoms with E-state index < -0.39 is 0 Å². The maximum Gasteiger partial charge on any atom is 0.161 e. The van der Waals surface area contributed by atoms with Crippen molar-refractivity contribution in [2.24, 2.45) is 0 Å². The Morgan fingerprint density at radius 3 is 2.75 bits per heavy atom. The van der Waals surface area contributed by atoms with Gasteiger partial charge in [-0.25, -0.2) is 0 Å². The number of benzene rings is 2. The van der Waals surface area contributed by atoms with Crippen molar-refractivity contribution in [3.63, 3.8) is 0 Å². The molecule has 0 saturated carbocycles. The Morgan fingerprint density at radius 1 is 1.21 bits per heavy atom. The minimum atomic E-state index is -0.0360. The lowest BCUT2D eigenvalue weighted by Gasteiger charge is -2.16. The van der Waals surface area contributed by atoms with Gasteiger partial charge in [0.05, 0.1) is 25.3 Å². The smallest absolute Gasteiger partial charge is 0.161 e. The van der Waals surface area contributed by atoms with Gasteiger partial charge < -0.3 is 19.9 Å². The summed E-state index contributed by atoms with van der Waals surface area (Å²) in [6.45, 7) is 2.92. The summed E-state index contributed by atoms with van der Waals surface area (Å²) < 4.78 is 10.8. The third-order valence-corrected chi connectivity index (χ3v) is 3.70. The SMILES string of the molecule is COc1cc(CNC(C)c2cccc(C#N)c2)ccc1OCCO. The Hall–Kier alpha value is -2.55. The van der Waals surface area contributed by atoms with Crippen LogP contribution in [0.1, 0.15) is 29.7 Å². The molecule has 2 N–H and O–H groups in total. The van der Waals surface area contributed by atoms with Crippen LogP contribution in [0.3, 0.4) is 0 Å². The molecule has 0 aliphatic carbocycles. The van der Waals surface area contributed by atoms with Crippen molar-refractivity contribution < 1.29 is 14.6 Å². The molecule has 0 aliphatic heterocycles. The molecule has 5 nitrogen and oxygen atoms in total. The molecule has 0 aliphatic rings. The fraction of sp³-hybridized carbons (Fsp3) is 0.316. The Kier molecular flexibility index (Phi) is 6.62. The van der Waals surface area contributed by atoms with Crippen molar-refractivity contribution in [3.8, 4) is 17.6 Å². The van der Waals surface area contributed by atoms with Crippen LogP contribution in [0.5, 0.6) is 11.5 Å². The van der Waals surface area contributed by atoms with Gasteiger partial charge in [0.2, 0.25) is 0 Å². The highest BCUT2D eigenvalue weighted by atomic mass is 16.5. The maximum absolute atomic E-state index is 8.99. The van der Waals surface area contributed by atoms with Crippen LogP contribution in [0.25, 0.3) is 0 Å². The first-order valence-electron chi connectivity index (χ1n) is 7.82. The number of nitrogens with one attached hydrogen (secondary N) is 1. The number of ether oxygens (including phenoxy) is 2. The normalized spacial score (nSPS) is 11.6.